The predicted octanol–water partition coefficient (Wildman–Crippen LogP) is 1.61. The van der Waals surface area contributed by atoms with E-state index >= 15 is 0 Å². The molecule has 200 valence electrons. The van der Waals surface area contributed by atoms with Crippen LogP contribution in [0.3, 0.4) is 0 Å². The number of benzene rings is 2. The summed E-state index contributed by atoms with van der Waals surface area (Å²) >= 11 is 0. The highest BCUT2D eigenvalue weighted by Gasteiger charge is 2.29. The first-order chi connectivity index (χ1) is 18.5. The molecule has 0 bridgehead atoms. The van der Waals surface area contributed by atoms with Gasteiger partial charge < -0.3 is 9.64 Å². The highest BCUT2D eigenvalue weighted by atomic mass is 32.2. The molecule has 2 aromatic carbocycles. The van der Waals surface area contributed by atoms with Crippen LogP contribution in [0.2, 0.25) is 0 Å². The summed E-state index contributed by atoms with van der Waals surface area (Å²) in [6, 6.07) is 15.3. The summed E-state index contributed by atoms with van der Waals surface area (Å²) in [6.45, 7) is 5.51. The normalized spacial score (nSPS) is 17.3. The van der Waals surface area contributed by atoms with Crippen LogP contribution in [0.25, 0.3) is 11.1 Å². The quantitative estimate of drug-likeness (QED) is 0.341. The number of nitrogens with one attached hydrogen (secondary N) is 1. The maximum absolute atomic E-state index is 13.4. The van der Waals surface area contributed by atoms with Crippen molar-refractivity contribution < 1.29 is 23.2 Å². The number of hydrogen-bond donors (Lipinski definition) is 2. The molecule has 11 nitrogen and oxygen atoms in total. The van der Waals surface area contributed by atoms with Crippen molar-refractivity contribution in [3.05, 3.63) is 72.1 Å². The largest absolute Gasteiger partial charge is 0.379 e. The molecule has 5 rings (SSSR count). The predicted molar refractivity (Wildman–Crippen MR) is 140 cm³/mol. The molecule has 0 unspecified atom stereocenters. The van der Waals surface area contributed by atoms with Crippen molar-refractivity contribution in [3.63, 3.8) is 0 Å². The Hall–Kier alpha value is -3.42. The van der Waals surface area contributed by atoms with E-state index in [0.29, 0.717) is 19.0 Å². The van der Waals surface area contributed by atoms with Crippen molar-refractivity contribution in [2.45, 2.75) is 11.4 Å². The van der Waals surface area contributed by atoms with Gasteiger partial charge in [-0.3, -0.25) is 14.9 Å². The number of hydroxylamine groups is 1. The highest BCUT2D eigenvalue weighted by molar-refractivity contribution is 7.89. The standard InChI is InChI=1S/C26H30N6O5S/c33-25(29-34)22-17-27-26(28-18-22)31-9-11-32(12-10-31)38(35,36)23-7-5-20(6-8-23)24-4-2-1-3-21(24)19-30-13-15-37-16-14-30/h1-8,17-18,34H,9-16,19H2,(H,29,33). The van der Waals surface area contributed by atoms with Crippen LogP contribution in [0.1, 0.15) is 15.9 Å². The number of carbonyl (C=O) groups excluding carboxylic acids is 1. The number of amides is 1. The Morgan fingerprint density at radius 3 is 2.24 bits per heavy atom. The third-order valence-corrected chi connectivity index (χ3v) is 8.75. The van der Waals surface area contributed by atoms with Gasteiger partial charge in [-0.05, 0) is 28.8 Å². The Kier molecular flexibility index (Phi) is 7.95. The van der Waals surface area contributed by atoms with Crippen molar-refractivity contribution in [2.24, 2.45) is 0 Å². The molecular weight excluding hydrogens is 508 g/mol. The topological polar surface area (TPSA) is 128 Å². The smallest absolute Gasteiger partial charge is 0.277 e. The van der Waals surface area contributed by atoms with E-state index in [9.17, 15) is 13.2 Å². The Morgan fingerprint density at radius 2 is 1.58 bits per heavy atom. The molecule has 0 spiro atoms. The minimum atomic E-state index is -3.66. The number of carbonyl (C=O) groups is 1. The van der Waals surface area contributed by atoms with Crippen molar-refractivity contribution in [1.29, 1.82) is 0 Å². The molecule has 3 heterocycles. The van der Waals surface area contributed by atoms with Gasteiger partial charge in [0.25, 0.3) is 5.91 Å². The van der Waals surface area contributed by atoms with Crippen LogP contribution >= 0.6 is 0 Å². The molecule has 2 saturated heterocycles. The molecule has 38 heavy (non-hydrogen) atoms. The average Bonchev–Trinajstić information content (AvgIpc) is 2.98. The number of piperazine rings is 1. The molecule has 0 aliphatic carbocycles. The van der Waals surface area contributed by atoms with Gasteiger partial charge in [0.15, 0.2) is 0 Å². The van der Waals surface area contributed by atoms with Crippen LogP contribution in [-0.4, -0.2) is 91.2 Å². The van der Waals surface area contributed by atoms with Gasteiger partial charge in [0, 0.05) is 58.2 Å². The van der Waals surface area contributed by atoms with E-state index in [1.807, 2.05) is 29.2 Å². The maximum Gasteiger partial charge on any atom is 0.277 e. The lowest BCUT2D eigenvalue weighted by Gasteiger charge is -2.34. The third kappa shape index (κ3) is 5.69. The summed E-state index contributed by atoms with van der Waals surface area (Å²) in [5.74, 6) is -0.296. The molecule has 0 atom stereocenters. The summed E-state index contributed by atoms with van der Waals surface area (Å²) in [5, 5.41) is 8.72. The van der Waals surface area contributed by atoms with E-state index in [2.05, 4.69) is 27.0 Å². The number of rotatable bonds is 7. The van der Waals surface area contributed by atoms with Crippen LogP contribution in [0.5, 0.6) is 0 Å². The van der Waals surface area contributed by atoms with Crippen LogP contribution < -0.4 is 10.4 Å². The number of ether oxygens (including phenoxy) is 1. The molecule has 1 aromatic heterocycles. The summed E-state index contributed by atoms with van der Waals surface area (Å²) in [5.41, 5.74) is 4.95. The van der Waals surface area contributed by atoms with Gasteiger partial charge in [0.1, 0.15) is 0 Å². The van der Waals surface area contributed by atoms with E-state index < -0.39 is 15.9 Å². The van der Waals surface area contributed by atoms with Gasteiger partial charge in [-0.25, -0.2) is 23.9 Å². The lowest BCUT2D eigenvalue weighted by molar-refractivity contribution is 0.0342. The number of aromatic nitrogens is 2. The number of sulfonamides is 1. The Morgan fingerprint density at radius 1 is 0.921 bits per heavy atom. The summed E-state index contributed by atoms with van der Waals surface area (Å²) < 4.78 is 33.6. The van der Waals surface area contributed by atoms with Crippen LogP contribution in [0, 0.1) is 0 Å². The molecule has 2 aliphatic heterocycles. The van der Waals surface area contributed by atoms with Gasteiger partial charge >= 0.3 is 0 Å². The molecule has 0 radical (unpaired) electrons. The van der Waals surface area contributed by atoms with E-state index in [4.69, 9.17) is 9.94 Å². The first-order valence-corrected chi connectivity index (χ1v) is 13.9. The summed E-state index contributed by atoms with van der Waals surface area (Å²) in [6.07, 6.45) is 2.63. The van der Waals surface area contributed by atoms with E-state index in [1.165, 1.54) is 27.7 Å². The van der Waals surface area contributed by atoms with Crippen LogP contribution in [-0.2, 0) is 21.3 Å². The number of morpholine rings is 1. The minimum absolute atomic E-state index is 0.129. The zero-order valence-corrected chi connectivity index (χ0v) is 21.7. The zero-order chi connectivity index (χ0) is 26.5. The molecule has 3 aromatic rings. The van der Waals surface area contributed by atoms with Gasteiger partial charge in [0.05, 0.1) is 23.7 Å². The Bertz CT molecular complexity index is 1350. The van der Waals surface area contributed by atoms with Gasteiger partial charge in [-0.1, -0.05) is 36.4 Å². The second-order valence-corrected chi connectivity index (χ2v) is 11.1. The van der Waals surface area contributed by atoms with E-state index in [-0.39, 0.29) is 23.5 Å². The van der Waals surface area contributed by atoms with Crippen LogP contribution in [0.4, 0.5) is 5.95 Å². The summed E-state index contributed by atoms with van der Waals surface area (Å²) in [4.78, 5) is 24.3. The SMILES string of the molecule is O=C(NO)c1cnc(N2CCN(S(=O)(=O)c3ccc(-c4ccccc4CN4CCOCC4)cc3)CC2)nc1. The summed E-state index contributed by atoms with van der Waals surface area (Å²) in [7, 11) is -3.66. The fraction of sp³-hybridized carbons (Fsp3) is 0.346. The second kappa shape index (κ2) is 11.5. The van der Waals surface area contributed by atoms with Crippen molar-refractivity contribution >= 4 is 21.9 Å². The second-order valence-electron chi connectivity index (χ2n) is 9.17. The van der Waals surface area contributed by atoms with Crippen molar-refractivity contribution in [2.75, 3.05) is 57.4 Å². The lowest BCUT2D eigenvalue weighted by atomic mass is 9.99. The Labute approximate surface area is 221 Å². The van der Waals surface area contributed by atoms with E-state index in [1.54, 1.807) is 12.1 Å². The molecule has 2 N–H and O–H groups in total. The molecule has 2 fully saturated rings. The Balaban J connectivity index is 1.25. The van der Waals surface area contributed by atoms with Gasteiger partial charge in [-0.15, -0.1) is 0 Å². The molecule has 2 aliphatic rings. The third-order valence-electron chi connectivity index (χ3n) is 6.84. The fourth-order valence-corrected chi connectivity index (χ4v) is 6.11. The van der Waals surface area contributed by atoms with E-state index in [0.717, 1.165) is 44.0 Å². The number of nitrogens with zero attached hydrogens (tertiary/aromatic N) is 5. The zero-order valence-electron chi connectivity index (χ0n) is 20.9. The first kappa shape index (κ1) is 26.2. The monoisotopic (exact) mass is 538 g/mol. The van der Waals surface area contributed by atoms with Gasteiger partial charge in [0.2, 0.25) is 16.0 Å². The molecular formula is C26H30N6O5S. The highest BCUT2D eigenvalue weighted by Crippen LogP contribution is 2.28. The van der Waals surface area contributed by atoms with Crippen molar-refractivity contribution in [1.82, 2.24) is 24.7 Å². The first-order valence-electron chi connectivity index (χ1n) is 12.5. The molecule has 0 saturated carbocycles. The maximum atomic E-state index is 13.4. The van der Waals surface area contributed by atoms with Crippen LogP contribution in [0.15, 0.2) is 65.8 Å². The number of hydrogen-bond acceptors (Lipinski definition) is 9. The number of anilines is 1. The fourth-order valence-electron chi connectivity index (χ4n) is 4.69. The lowest BCUT2D eigenvalue weighted by Crippen LogP contribution is -2.49. The molecule has 1 amide bonds. The average molecular weight is 539 g/mol. The van der Waals surface area contributed by atoms with Crippen molar-refractivity contribution in [3.8, 4) is 11.1 Å². The van der Waals surface area contributed by atoms with Gasteiger partial charge in [-0.2, -0.15) is 4.31 Å². The minimum Gasteiger partial charge on any atom is -0.379 e. The molecule has 12 heteroatoms.